The zero-order chi connectivity index (χ0) is 16.8. The van der Waals surface area contributed by atoms with Crippen LogP contribution in [0.1, 0.15) is 53.5 Å². The number of anilines is 1. The number of nitrogens with zero attached hydrogens (tertiary/aromatic N) is 4. The van der Waals surface area contributed by atoms with E-state index in [9.17, 15) is 4.79 Å². The molecule has 2 aromatic heterocycles. The quantitative estimate of drug-likeness (QED) is 0.902. The largest absolute Gasteiger partial charge is 0.357 e. The number of amides is 1. The predicted octanol–water partition coefficient (Wildman–Crippen LogP) is 2.81. The van der Waals surface area contributed by atoms with Crippen LogP contribution in [0.5, 0.6) is 0 Å². The molecule has 0 atom stereocenters. The Balaban J connectivity index is 1.57. The van der Waals surface area contributed by atoms with Crippen molar-refractivity contribution in [1.29, 1.82) is 0 Å². The summed E-state index contributed by atoms with van der Waals surface area (Å²) < 4.78 is 3.85. The highest BCUT2D eigenvalue weighted by Gasteiger charge is 2.15. The third-order valence-electron chi connectivity index (χ3n) is 4.29. The van der Waals surface area contributed by atoms with Gasteiger partial charge in [-0.3, -0.25) is 4.79 Å². The second-order valence-electron chi connectivity index (χ2n) is 6.01. The van der Waals surface area contributed by atoms with Crippen LogP contribution in [-0.4, -0.2) is 33.6 Å². The maximum absolute atomic E-state index is 12.2. The number of rotatable bonds is 5. The predicted molar refractivity (Wildman–Crippen MR) is 95.4 cm³/mol. The number of carbonyl (C=O) groups is 1. The van der Waals surface area contributed by atoms with E-state index in [4.69, 9.17) is 0 Å². The Morgan fingerprint density at radius 1 is 1.25 bits per heavy atom. The Morgan fingerprint density at radius 2 is 2.04 bits per heavy atom. The maximum Gasteiger partial charge on any atom is 0.265 e. The van der Waals surface area contributed by atoms with Crippen LogP contribution in [0, 0.1) is 0 Å². The van der Waals surface area contributed by atoms with Gasteiger partial charge in [-0.05, 0) is 42.4 Å². The van der Waals surface area contributed by atoms with Gasteiger partial charge >= 0.3 is 0 Å². The van der Waals surface area contributed by atoms with Crippen molar-refractivity contribution in [2.24, 2.45) is 0 Å². The van der Waals surface area contributed by atoms with Crippen molar-refractivity contribution in [2.45, 2.75) is 45.6 Å². The topological polar surface area (TPSA) is 71.0 Å². The van der Waals surface area contributed by atoms with Gasteiger partial charge < -0.3 is 10.2 Å². The molecule has 0 aliphatic carbocycles. The first kappa shape index (κ1) is 16.8. The number of hydrogen-bond acceptors (Lipinski definition) is 6. The first-order valence-electron chi connectivity index (χ1n) is 8.57. The zero-order valence-electron chi connectivity index (χ0n) is 14.0. The molecule has 2 aromatic rings. The van der Waals surface area contributed by atoms with Gasteiger partial charge in [-0.25, -0.2) is 4.98 Å². The molecule has 3 rings (SSSR count). The van der Waals surface area contributed by atoms with E-state index in [1.807, 2.05) is 19.2 Å². The lowest BCUT2D eigenvalue weighted by Gasteiger charge is -2.21. The van der Waals surface area contributed by atoms with Gasteiger partial charge in [0.05, 0.1) is 5.69 Å². The molecule has 1 fully saturated rings. The molecule has 24 heavy (non-hydrogen) atoms. The molecule has 0 radical (unpaired) electrons. The number of carbonyl (C=O) groups excluding carboxylic acids is 1. The summed E-state index contributed by atoms with van der Waals surface area (Å²) in [7, 11) is 0. The van der Waals surface area contributed by atoms with Crippen LogP contribution in [0.25, 0.3) is 0 Å². The van der Waals surface area contributed by atoms with Gasteiger partial charge in [0.15, 0.2) is 0 Å². The SMILES string of the molecule is CCc1nnsc1C(=O)NCc1ccc(N2CCCCCC2)nc1. The lowest BCUT2D eigenvalue weighted by atomic mass is 10.2. The lowest BCUT2D eigenvalue weighted by molar-refractivity contribution is 0.0954. The summed E-state index contributed by atoms with van der Waals surface area (Å²) in [5.74, 6) is 0.922. The highest BCUT2D eigenvalue weighted by atomic mass is 32.1. The summed E-state index contributed by atoms with van der Waals surface area (Å²) in [6, 6.07) is 4.09. The van der Waals surface area contributed by atoms with E-state index in [1.54, 1.807) is 0 Å². The average molecular weight is 345 g/mol. The van der Waals surface area contributed by atoms with Gasteiger partial charge in [0.2, 0.25) is 0 Å². The Hall–Kier alpha value is -2.02. The van der Waals surface area contributed by atoms with Crippen LogP contribution in [-0.2, 0) is 13.0 Å². The number of pyridine rings is 1. The Kier molecular flexibility index (Phi) is 5.74. The third kappa shape index (κ3) is 4.08. The van der Waals surface area contributed by atoms with E-state index in [1.165, 1.54) is 25.7 Å². The fourth-order valence-electron chi connectivity index (χ4n) is 2.88. The summed E-state index contributed by atoms with van der Waals surface area (Å²) in [5, 5.41) is 6.89. The van der Waals surface area contributed by atoms with E-state index in [-0.39, 0.29) is 5.91 Å². The summed E-state index contributed by atoms with van der Waals surface area (Å²) in [5.41, 5.74) is 1.75. The van der Waals surface area contributed by atoms with Gasteiger partial charge in [-0.2, -0.15) is 0 Å². The van der Waals surface area contributed by atoms with Crippen LogP contribution in [0.3, 0.4) is 0 Å². The molecule has 1 aliphatic rings. The van der Waals surface area contributed by atoms with Crippen molar-refractivity contribution >= 4 is 23.3 Å². The molecule has 0 unspecified atom stereocenters. The van der Waals surface area contributed by atoms with Crippen molar-refractivity contribution < 1.29 is 4.79 Å². The molecule has 0 spiro atoms. The fraction of sp³-hybridized carbons (Fsp3) is 0.529. The molecular weight excluding hydrogens is 322 g/mol. The van der Waals surface area contributed by atoms with Crippen molar-refractivity contribution in [3.63, 3.8) is 0 Å². The molecule has 0 saturated carbocycles. The standard InChI is InChI=1S/C17H23N5OS/c1-2-14-16(24-21-20-14)17(23)19-12-13-7-8-15(18-11-13)22-9-5-3-4-6-10-22/h7-8,11H,2-6,9-10,12H2,1H3,(H,19,23). The average Bonchev–Trinajstić information content (AvgIpc) is 2.94. The fourth-order valence-corrected chi connectivity index (χ4v) is 3.55. The summed E-state index contributed by atoms with van der Waals surface area (Å²) in [6.07, 6.45) is 7.67. The van der Waals surface area contributed by atoms with Crippen molar-refractivity contribution in [3.8, 4) is 0 Å². The minimum Gasteiger partial charge on any atom is -0.357 e. The second-order valence-corrected chi connectivity index (χ2v) is 6.77. The van der Waals surface area contributed by atoms with Gasteiger partial charge in [0.25, 0.3) is 5.91 Å². The summed E-state index contributed by atoms with van der Waals surface area (Å²) in [6.45, 7) is 4.61. The smallest absolute Gasteiger partial charge is 0.265 e. The maximum atomic E-state index is 12.2. The summed E-state index contributed by atoms with van der Waals surface area (Å²) >= 11 is 1.15. The highest BCUT2D eigenvalue weighted by Crippen LogP contribution is 2.17. The number of aryl methyl sites for hydroxylation is 1. The van der Waals surface area contributed by atoms with Gasteiger partial charge in [0, 0.05) is 25.8 Å². The molecule has 1 N–H and O–H groups in total. The molecule has 1 aliphatic heterocycles. The zero-order valence-corrected chi connectivity index (χ0v) is 14.8. The minimum absolute atomic E-state index is 0.113. The van der Waals surface area contributed by atoms with E-state index in [0.29, 0.717) is 17.8 Å². The molecule has 6 nitrogen and oxygen atoms in total. The van der Waals surface area contributed by atoms with Crippen molar-refractivity contribution in [1.82, 2.24) is 19.9 Å². The lowest BCUT2D eigenvalue weighted by Crippen LogP contribution is -2.25. The molecule has 7 heteroatoms. The molecule has 128 valence electrons. The molecule has 0 aromatic carbocycles. The number of hydrogen-bond donors (Lipinski definition) is 1. The van der Waals surface area contributed by atoms with Crippen LogP contribution in [0.4, 0.5) is 5.82 Å². The first-order valence-corrected chi connectivity index (χ1v) is 9.34. The van der Waals surface area contributed by atoms with Crippen LogP contribution in [0.2, 0.25) is 0 Å². The molecular formula is C17H23N5OS. The van der Waals surface area contributed by atoms with Crippen molar-refractivity contribution in [2.75, 3.05) is 18.0 Å². The van der Waals surface area contributed by atoms with Crippen LogP contribution >= 0.6 is 11.5 Å². The molecule has 0 bridgehead atoms. The normalized spacial score (nSPS) is 15.1. The third-order valence-corrected chi connectivity index (χ3v) is 5.06. The van der Waals surface area contributed by atoms with Crippen LogP contribution in [0.15, 0.2) is 18.3 Å². The van der Waals surface area contributed by atoms with Gasteiger partial charge in [-0.1, -0.05) is 30.3 Å². The number of aromatic nitrogens is 3. The van der Waals surface area contributed by atoms with Gasteiger partial charge in [0.1, 0.15) is 10.7 Å². The second kappa shape index (κ2) is 8.19. The Morgan fingerprint density at radius 3 is 2.71 bits per heavy atom. The monoisotopic (exact) mass is 345 g/mol. The van der Waals surface area contributed by atoms with Crippen molar-refractivity contribution in [3.05, 3.63) is 34.5 Å². The molecule has 1 saturated heterocycles. The van der Waals surface area contributed by atoms with E-state index in [0.717, 1.165) is 41.7 Å². The van der Waals surface area contributed by atoms with E-state index in [2.05, 4.69) is 30.9 Å². The highest BCUT2D eigenvalue weighted by molar-refractivity contribution is 7.08. The Bertz CT molecular complexity index is 662. The number of nitrogens with one attached hydrogen (secondary N) is 1. The van der Waals surface area contributed by atoms with E-state index < -0.39 is 0 Å². The summed E-state index contributed by atoms with van der Waals surface area (Å²) in [4.78, 5) is 19.7. The van der Waals surface area contributed by atoms with E-state index >= 15 is 0 Å². The first-order chi connectivity index (χ1) is 11.8. The minimum atomic E-state index is -0.113. The van der Waals surface area contributed by atoms with Crippen LogP contribution < -0.4 is 10.2 Å². The Labute approximate surface area is 146 Å². The molecule has 3 heterocycles. The van der Waals surface area contributed by atoms with Gasteiger partial charge in [-0.15, -0.1) is 5.10 Å². The molecule has 1 amide bonds.